The van der Waals surface area contributed by atoms with Crippen molar-refractivity contribution in [1.29, 1.82) is 0 Å². The molecule has 0 spiro atoms. The van der Waals surface area contributed by atoms with Crippen LogP contribution >= 0.6 is 0 Å². The van der Waals surface area contributed by atoms with Crippen molar-refractivity contribution in [3.05, 3.63) is 71.9 Å². The van der Waals surface area contributed by atoms with E-state index in [0.717, 1.165) is 19.4 Å². The molecule has 4 N–H and O–H groups in total. The van der Waals surface area contributed by atoms with Gasteiger partial charge in [0.25, 0.3) is 5.91 Å². The number of H-pyrrole nitrogens is 1. The summed E-state index contributed by atoms with van der Waals surface area (Å²) < 4.78 is 0. The zero-order valence-corrected chi connectivity index (χ0v) is 19.2. The number of rotatable bonds is 8. The number of hydrogen-bond donors (Lipinski definition) is 3. The van der Waals surface area contributed by atoms with Gasteiger partial charge < -0.3 is 15.7 Å². The molecule has 6 heteroatoms. The van der Waals surface area contributed by atoms with E-state index in [0.29, 0.717) is 12.2 Å². The number of amides is 1. The number of nitrogens with zero attached hydrogens (tertiary/aromatic N) is 1. The van der Waals surface area contributed by atoms with Gasteiger partial charge in [-0.15, -0.1) is 6.58 Å². The van der Waals surface area contributed by atoms with E-state index in [4.69, 9.17) is 0 Å². The molecule has 1 unspecified atom stereocenters. The minimum Gasteiger partial charge on any atom is -0.390 e. The fourth-order valence-electron chi connectivity index (χ4n) is 2.21. The van der Waals surface area contributed by atoms with Gasteiger partial charge in [-0.1, -0.05) is 61.8 Å². The molecule has 1 aromatic rings. The molecule has 166 valence electrons. The summed E-state index contributed by atoms with van der Waals surface area (Å²) in [5.74, 6) is -0.307. The van der Waals surface area contributed by atoms with Crippen molar-refractivity contribution < 1.29 is 14.9 Å². The molecule has 1 heterocycles. The Kier molecular flexibility index (Phi) is 15.8. The van der Waals surface area contributed by atoms with Crippen LogP contribution in [0.15, 0.2) is 66.2 Å². The Balaban J connectivity index is 0.00000105. The zero-order valence-electron chi connectivity index (χ0n) is 19.2. The van der Waals surface area contributed by atoms with E-state index >= 15 is 0 Å². The second-order valence-electron chi connectivity index (χ2n) is 6.79. The standard InChI is InChI=1S/C17H22N4O2.C5H10.C2H6/c1-13-4-2-3-5-14(8-13)9-19-10-15(22)11-21-17(23)16-12-18-6-7-20-16;1-4-5(2)3;1-2/h2-4,6-8,12,15,19,22H,5,9-11H2,1H3,(H,21,23);2,4H2,1,3H3;1-2H3/p+1. The number of aliphatic hydroxyl groups excluding tert-OH is 1. The highest BCUT2D eigenvalue weighted by Crippen LogP contribution is 2.10. The van der Waals surface area contributed by atoms with Crippen LogP contribution in [0.5, 0.6) is 0 Å². The molecular weight excluding hydrogens is 376 g/mol. The first kappa shape index (κ1) is 27.4. The Hall–Kier alpha value is -2.57. The van der Waals surface area contributed by atoms with Gasteiger partial charge in [-0.25, -0.2) is 9.97 Å². The molecule has 0 radical (unpaired) electrons. The number of aromatic amines is 1. The number of allylic oxidation sites excluding steroid dienone is 6. The Morgan fingerprint density at radius 2 is 2.07 bits per heavy atom. The number of nitrogens with one attached hydrogen (secondary N) is 3. The van der Waals surface area contributed by atoms with Crippen LogP contribution in [0.3, 0.4) is 0 Å². The summed E-state index contributed by atoms with van der Waals surface area (Å²) in [6, 6.07) is 0. The summed E-state index contributed by atoms with van der Waals surface area (Å²) in [6.45, 7) is 15.2. The predicted molar refractivity (Wildman–Crippen MR) is 124 cm³/mol. The van der Waals surface area contributed by atoms with Gasteiger partial charge in [-0.2, -0.15) is 0 Å². The van der Waals surface area contributed by atoms with E-state index in [1.54, 1.807) is 6.20 Å². The average Bonchev–Trinajstić information content (AvgIpc) is 2.98. The van der Waals surface area contributed by atoms with Gasteiger partial charge in [0.15, 0.2) is 18.1 Å². The van der Waals surface area contributed by atoms with Gasteiger partial charge in [-0.05, 0) is 26.7 Å². The van der Waals surface area contributed by atoms with Gasteiger partial charge in [0.05, 0.1) is 12.3 Å². The van der Waals surface area contributed by atoms with Gasteiger partial charge in [0.2, 0.25) is 0 Å². The molecule has 1 aliphatic rings. The highest BCUT2D eigenvalue weighted by atomic mass is 16.3. The highest BCUT2D eigenvalue weighted by molar-refractivity contribution is 5.91. The molecule has 1 atom stereocenters. The van der Waals surface area contributed by atoms with Crippen molar-refractivity contribution in [2.24, 2.45) is 0 Å². The Morgan fingerprint density at radius 3 is 2.67 bits per heavy atom. The smallest absolute Gasteiger partial charge is 0.276 e. The van der Waals surface area contributed by atoms with Crippen molar-refractivity contribution in [3.63, 3.8) is 0 Å². The summed E-state index contributed by atoms with van der Waals surface area (Å²) in [5.41, 5.74) is 4.04. The first-order valence-electron chi connectivity index (χ1n) is 10.6. The minimum absolute atomic E-state index is 0.181. The molecule has 0 aliphatic heterocycles. The van der Waals surface area contributed by atoms with E-state index < -0.39 is 6.10 Å². The predicted octanol–water partition coefficient (Wildman–Crippen LogP) is 3.41. The lowest BCUT2D eigenvalue weighted by atomic mass is 10.1. The summed E-state index contributed by atoms with van der Waals surface area (Å²) >= 11 is 0. The summed E-state index contributed by atoms with van der Waals surface area (Å²) in [7, 11) is 0. The molecule has 0 saturated carbocycles. The van der Waals surface area contributed by atoms with Crippen LogP contribution in [0.25, 0.3) is 0 Å². The topological polar surface area (TPSA) is 88.4 Å². The van der Waals surface area contributed by atoms with Crippen LogP contribution in [-0.4, -0.2) is 41.7 Å². The van der Waals surface area contributed by atoms with Crippen molar-refractivity contribution in [2.75, 3.05) is 19.6 Å². The number of carbonyl (C=O) groups excluding carboxylic acids is 1. The molecule has 0 fully saturated rings. The monoisotopic (exact) mass is 415 g/mol. The molecule has 30 heavy (non-hydrogen) atoms. The van der Waals surface area contributed by atoms with E-state index in [-0.39, 0.29) is 12.5 Å². The fraction of sp³-hybridized carbons (Fsp3) is 0.458. The van der Waals surface area contributed by atoms with Crippen molar-refractivity contribution in [2.45, 2.75) is 53.6 Å². The third-order valence-corrected chi connectivity index (χ3v) is 3.98. The minimum atomic E-state index is -0.648. The van der Waals surface area contributed by atoms with Gasteiger partial charge in [0, 0.05) is 19.6 Å². The number of aromatic nitrogens is 2. The normalized spacial score (nSPS) is 13.3. The van der Waals surface area contributed by atoms with Crippen LogP contribution in [0.4, 0.5) is 0 Å². The summed E-state index contributed by atoms with van der Waals surface area (Å²) in [4.78, 5) is 18.5. The van der Waals surface area contributed by atoms with E-state index in [1.807, 2.05) is 20.8 Å². The molecule has 2 rings (SSSR count). The van der Waals surface area contributed by atoms with Crippen molar-refractivity contribution >= 4 is 5.91 Å². The molecular formula is C24H39N4O2+. The first-order chi connectivity index (χ1) is 14.4. The number of aliphatic hydroxyl groups is 1. The van der Waals surface area contributed by atoms with Crippen LogP contribution in [0.2, 0.25) is 0 Å². The number of carbonyl (C=O) groups is 1. The maximum absolute atomic E-state index is 11.8. The van der Waals surface area contributed by atoms with Crippen LogP contribution in [-0.2, 0) is 0 Å². The third-order valence-electron chi connectivity index (χ3n) is 3.98. The molecule has 0 saturated heterocycles. The van der Waals surface area contributed by atoms with Gasteiger partial charge in [0.1, 0.15) is 0 Å². The molecule has 1 aromatic heterocycles. The Bertz CT molecular complexity index is 709. The molecule has 1 aliphatic carbocycles. The molecule has 0 bridgehead atoms. The zero-order chi connectivity index (χ0) is 22.8. The van der Waals surface area contributed by atoms with E-state index in [1.165, 1.54) is 29.1 Å². The SMILES string of the molecule is C=C(C)CC.CC.CC1=CC=CCC(CNCC(O)CNC(=O)c2c[nH+]ccn2)=C1. The second kappa shape index (κ2) is 17.3. The third kappa shape index (κ3) is 13.6. The quantitative estimate of drug-likeness (QED) is 0.568. The number of hydrogen-bond acceptors (Lipinski definition) is 4. The lowest BCUT2D eigenvalue weighted by molar-refractivity contribution is -0.379. The lowest BCUT2D eigenvalue weighted by Crippen LogP contribution is -2.39. The van der Waals surface area contributed by atoms with E-state index in [2.05, 4.69) is 65.3 Å². The summed E-state index contributed by atoms with van der Waals surface area (Å²) in [5, 5.41) is 15.8. The van der Waals surface area contributed by atoms with E-state index in [9.17, 15) is 9.90 Å². The van der Waals surface area contributed by atoms with Gasteiger partial charge >= 0.3 is 0 Å². The largest absolute Gasteiger partial charge is 0.390 e. The summed E-state index contributed by atoms with van der Waals surface area (Å²) in [6.07, 6.45) is 14.4. The second-order valence-corrected chi connectivity index (χ2v) is 6.79. The fourth-order valence-corrected chi connectivity index (χ4v) is 2.21. The van der Waals surface area contributed by atoms with Gasteiger partial charge in [-0.3, -0.25) is 4.79 Å². The maximum Gasteiger partial charge on any atom is 0.276 e. The first-order valence-corrected chi connectivity index (χ1v) is 10.6. The van der Waals surface area contributed by atoms with Crippen LogP contribution in [0.1, 0.15) is 57.9 Å². The molecule has 0 aromatic carbocycles. The maximum atomic E-state index is 11.8. The lowest BCUT2D eigenvalue weighted by Gasteiger charge is -2.13. The van der Waals surface area contributed by atoms with Crippen LogP contribution in [0, 0.1) is 0 Å². The Labute approximate surface area is 181 Å². The van der Waals surface area contributed by atoms with Crippen molar-refractivity contribution in [3.8, 4) is 0 Å². The van der Waals surface area contributed by atoms with Crippen LogP contribution < -0.4 is 15.6 Å². The highest BCUT2D eigenvalue weighted by Gasteiger charge is 2.11. The molecule has 6 nitrogen and oxygen atoms in total. The molecule has 1 amide bonds. The average molecular weight is 416 g/mol. The van der Waals surface area contributed by atoms with Crippen molar-refractivity contribution in [1.82, 2.24) is 15.6 Å². The Morgan fingerprint density at radius 1 is 1.37 bits per heavy atom.